The number of halogens is 2. The van der Waals surface area contributed by atoms with Crippen molar-refractivity contribution in [3.05, 3.63) is 10.6 Å². The maximum Gasteiger partial charge on any atom is 0.250 e. The molecule has 0 N–H and O–H groups in total. The molecule has 0 saturated carbocycles. The first-order valence-electron chi connectivity index (χ1n) is 3.03. The molecule has 0 fully saturated rings. The van der Waals surface area contributed by atoms with E-state index < -0.39 is 11.7 Å². The van der Waals surface area contributed by atoms with E-state index in [0.717, 1.165) is 6.08 Å². The van der Waals surface area contributed by atoms with Crippen LogP contribution in [0, 0.1) is 22.7 Å². The number of nitriles is 2. The standard InChI is InChI=1S/C7H3BrFN3/c8-5-1-7(9,4-11)6(2-10)12-3-5/h1,3,6H. The van der Waals surface area contributed by atoms with Gasteiger partial charge in [0.05, 0.1) is 6.07 Å². The fraction of sp³-hybridized carbons (Fsp3) is 0.286. The Balaban J connectivity index is 3.09. The summed E-state index contributed by atoms with van der Waals surface area (Å²) in [6.07, 6.45) is 2.34. The lowest BCUT2D eigenvalue weighted by atomic mass is 9.97. The zero-order chi connectivity index (χ0) is 9.19. The van der Waals surface area contributed by atoms with Gasteiger partial charge >= 0.3 is 0 Å². The summed E-state index contributed by atoms with van der Waals surface area (Å²) in [5, 5.41) is 16.9. The van der Waals surface area contributed by atoms with Crippen LogP contribution in [-0.4, -0.2) is 17.9 Å². The van der Waals surface area contributed by atoms with Crippen LogP contribution < -0.4 is 0 Å². The molecule has 0 aliphatic carbocycles. The molecule has 3 nitrogen and oxygen atoms in total. The monoisotopic (exact) mass is 227 g/mol. The van der Waals surface area contributed by atoms with Gasteiger partial charge in [0.25, 0.3) is 5.67 Å². The minimum absolute atomic E-state index is 0.373. The molecule has 0 aromatic rings. The highest BCUT2D eigenvalue weighted by Gasteiger charge is 2.39. The van der Waals surface area contributed by atoms with Crippen molar-refractivity contribution in [2.75, 3.05) is 0 Å². The summed E-state index contributed by atoms with van der Waals surface area (Å²) in [6, 6.07) is 1.75. The molecule has 1 heterocycles. The molecule has 0 amide bonds. The topological polar surface area (TPSA) is 59.9 Å². The molecular formula is C7H3BrFN3. The van der Waals surface area contributed by atoms with Crippen LogP contribution in [0.4, 0.5) is 4.39 Å². The number of alkyl halides is 1. The summed E-state index contributed by atoms with van der Waals surface area (Å²) < 4.78 is 13.8. The summed E-state index contributed by atoms with van der Waals surface area (Å²) >= 11 is 2.97. The quantitative estimate of drug-likeness (QED) is 0.630. The molecule has 0 saturated heterocycles. The number of nitrogens with zero attached hydrogens (tertiary/aromatic N) is 3. The van der Waals surface area contributed by atoms with Crippen LogP contribution in [0.2, 0.25) is 0 Å². The smallest absolute Gasteiger partial charge is 0.250 e. The molecule has 12 heavy (non-hydrogen) atoms. The van der Waals surface area contributed by atoms with E-state index in [1.165, 1.54) is 12.3 Å². The van der Waals surface area contributed by atoms with E-state index in [1.807, 2.05) is 0 Å². The third-order valence-electron chi connectivity index (χ3n) is 1.39. The van der Waals surface area contributed by atoms with E-state index in [0.29, 0.717) is 4.48 Å². The Bertz CT molecular complexity index is 336. The molecule has 2 atom stereocenters. The van der Waals surface area contributed by atoms with Crippen molar-refractivity contribution in [3.63, 3.8) is 0 Å². The molecule has 0 bridgehead atoms. The third kappa shape index (κ3) is 1.37. The van der Waals surface area contributed by atoms with Crippen molar-refractivity contribution in [1.82, 2.24) is 0 Å². The summed E-state index contributed by atoms with van der Waals surface area (Å²) in [5.74, 6) is 0. The first-order chi connectivity index (χ1) is 5.62. The highest BCUT2D eigenvalue weighted by Crippen LogP contribution is 2.26. The second kappa shape index (κ2) is 3.04. The second-order valence-corrected chi connectivity index (χ2v) is 3.13. The SMILES string of the molecule is N#CC1N=CC(Br)=CC1(F)C#N. The van der Waals surface area contributed by atoms with Gasteiger partial charge in [-0.1, -0.05) is 0 Å². The van der Waals surface area contributed by atoms with Crippen LogP contribution in [0.25, 0.3) is 0 Å². The number of rotatable bonds is 0. The van der Waals surface area contributed by atoms with Crippen LogP contribution in [-0.2, 0) is 0 Å². The van der Waals surface area contributed by atoms with Crippen molar-refractivity contribution in [2.24, 2.45) is 4.99 Å². The molecule has 0 spiro atoms. The largest absolute Gasteiger partial charge is 0.268 e. The number of hydrogen-bond donors (Lipinski definition) is 0. The predicted molar refractivity (Wildman–Crippen MR) is 44.4 cm³/mol. The third-order valence-corrected chi connectivity index (χ3v) is 1.82. The van der Waals surface area contributed by atoms with Crippen LogP contribution in [0.15, 0.2) is 15.6 Å². The summed E-state index contributed by atoms with van der Waals surface area (Å²) in [5.41, 5.74) is -2.30. The molecular weight excluding hydrogens is 225 g/mol. The Morgan fingerprint density at radius 1 is 1.67 bits per heavy atom. The van der Waals surface area contributed by atoms with Gasteiger partial charge in [0, 0.05) is 10.7 Å². The van der Waals surface area contributed by atoms with Crippen LogP contribution in [0.3, 0.4) is 0 Å². The van der Waals surface area contributed by atoms with Crippen molar-refractivity contribution in [3.8, 4) is 12.1 Å². The molecule has 5 heteroatoms. The van der Waals surface area contributed by atoms with Gasteiger partial charge in [0.2, 0.25) is 0 Å². The Morgan fingerprint density at radius 3 is 2.83 bits per heavy atom. The van der Waals surface area contributed by atoms with E-state index in [-0.39, 0.29) is 0 Å². The van der Waals surface area contributed by atoms with Gasteiger partial charge in [0.1, 0.15) is 6.07 Å². The number of allylic oxidation sites excluding steroid dienone is 1. The normalized spacial score (nSPS) is 33.3. The predicted octanol–water partition coefficient (Wildman–Crippen LogP) is 1.47. The maximum absolute atomic E-state index is 13.4. The average Bonchev–Trinajstić information content (AvgIpc) is 2.05. The lowest BCUT2D eigenvalue weighted by molar-refractivity contribution is 0.285. The maximum atomic E-state index is 13.4. The van der Waals surface area contributed by atoms with Crippen molar-refractivity contribution < 1.29 is 4.39 Å². The zero-order valence-corrected chi connectivity index (χ0v) is 7.42. The molecule has 60 valence electrons. The van der Waals surface area contributed by atoms with Gasteiger partial charge in [0.15, 0.2) is 6.04 Å². The van der Waals surface area contributed by atoms with Crippen molar-refractivity contribution in [1.29, 1.82) is 10.5 Å². The molecule has 0 aromatic heterocycles. The highest BCUT2D eigenvalue weighted by atomic mass is 79.9. The van der Waals surface area contributed by atoms with Crippen LogP contribution in [0.1, 0.15) is 0 Å². The molecule has 1 aliphatic rings. The van der Waals surface area contributed by atoms with E-state index in [2.05, 4.69) is 20.9 Å². The Hall–Kier alpha value is -1.20. The van der Waals surface area contributed by atoms with Gasteiger partial charge in [-0.05, 0) is 22.0 Å². The van der Waals surface area contributed by atoms with E-state index in [9.17, 15) is 4.39 Å². The molecule has 2 unspecified atom stereocenters. The fourth-order valence-corrected chi connectivity index (χ4v) is 1.24. The lowest BCUT2D eigenvalue weighted by Crippen LogP contribution is -2.34. The Kier molecular flexibility index (Phi) is 2.25. The fourth-order valence-electron chi connectivity index (χ4n) is 0.792. The van der Waals surface area contributed by atoms with Gasteiger partial charge < -0.3 is 0 Å². The Labute approximate surface area is 76.9 Å². The number of aliphatic imine (C=N–C) groups is 1. The number of hydrogen-bond acceptors (Lipinski definition) is 3. The summed E-state index contributed by atoms with van der Waals surface area (Å²) in [6.45, 7) is 0. The van der Waals surface area contributed by atoms with E-state index in [1.54, 1.807) is 6.07 Å². The minimum Gasteiger partial charge on any atom is -0.268 e. The van der Waals surface area contributed by atoms with Gasteiger partial charge in [-0.15, -0.1) is 0 Å². The number of dihydropyridines is 1. The van der Waals surface area contributed by atoms with Crippen LogP contribution in [0.5, 0.6) is 0 Å². The minimum atomic E-state index is -2.30. The Morgan fingerprint density at radius 2 is 2.33 bits per heavy atom. The second-order valence-electron chi connectivity index (χ2n) is 2.22. The zero-order valence-electron chi connectivity index (χ0n) is 5.83. The molecule has 0 radical (unpaired) electrons. The lowest BCUT2D eigenvalue weighted by Gasteiger charge is -2.18. The van der Waals surface area contributed by atoms with Gasteiger partial charge in [-0.2, -0.15) is 10.5 Å². The summed E-state index contributed by atoms with van der Waals surface area (Å²) in [7, 11) is 0. The van der Waals surface area contributed by atoms with Gasteiger partial charge in [-0.3, -0.25) is 4.99 Å². The van der Waals surface area contributed by atoms with Crippen molar-refractivity contribution in [2.45, 2.75) is 11.7 Å². The van der Waals surface area contributed by atoms with E-state index >= 15 is 0 Å². The summed E-state index contributed by atoms with van der Waals surface area (Å²) in [4.78, 5) is 3.55. The first-order valence-corrected chi connectivity index (χ1v) is 3.83. The molecule has 0 aromatic carbocycles. The first kappa shape index (κ1) is 8.89. The molecule has 1 aliphatic heterocycles. The van der Waals surface area contributed by atoms with E-state index in [4.69, 9.17) is 10.5 Å². The van der Waals surface area contributed by atoms with Crippen molar-refractivity contribution >= 4 is 22.1 Å². The highest BCUT2D eigenvalue weighted by molar-refractivity contribution is 9.12. The molecule has 1 rings (SSSR count). The average molecular weight is 228 g/mol. The van der Waals surface area contributed by atoms with Crippen LogP contribution >= 0.6 is 15.9 Å². The van der Waals surface area contributed by atoms with Gasteiger partial charge in [-0.25, -0.2) is 4.39 Å².